The zero-order valence-electron chi connectivity index (χ0n) is 21.1. The number of fused-ring (bicyclic) bond motifs is 5. The fraction of sp³-hybridized carbons (Fsp3) is 0.567. The van der Waals surface area contributed by atoms with Crippen molar-refractivity contribution in [3.05, 3.63) is 65.2 Å². The van der Waals surface area contributed by atoms with E-state index in [4.69, 9.17) is 4.74 Å². The molecule has 2 aromatic carbocycles. The third kappa shape index (κ3) is 4.44. The van der Waals surface area contributed by atoms with Crippen LogP contribution in [0.5, 0.6) is 0 Å². The predicted molar refractivity (Wildman–Crippen MR) is 140 cm³/mol. The molecule has 35 heavy (non-hydrogen) atoms. The van der Waals surface area contributed by atoms with Crippen LogP contribution in [0, 0.1) is 5.92 Å². The van der Waals surface area contributed by atoms with E-state index in [1.54, 1.807) is 0 Å². The van der Waals surface area contributed by atoms with Crippen LogP contribution in [0.1, 0.15) is 74.1 Å². The Bertz CT molecular complexity index is 1030. The summed E-state index contributed by atoms with van der Waals surface area (Å²) in [5, 5.41) is 0. The van der Waals surface area contributed by atoms with Crippen molar-refractivity contribution in [1.82, 2.24) is 9.80 Å². The molecule has 4 aliphatic rings. The van der Waals surface area contributed by atoms with E-state index in [9.17, 15) is 4.79 Å². The van der Waals surface area contributed by atoms with Gasteiger partial charge in [-0.15, -0.1) is 0 Å². The van der Waals surface area contributed by atoms with Crippen LogP contribution in [0.15, 0.2) is 48.5 Å². The quantitative estimate of drug-likeness (QED) is 0.549. The van der Waals surface area contributed by atoms with Crippen molar-refractivity contribution in [2.24, 2.45) is 5.92 Å². The lowest BCUT2D eigenvalue weighted by molar-refractivity contribution is 0.0531. The highest BCUT2D eigenvalue weighted by Gasteiger charge is 2.47. The van der Waals surface area contributed by atoms with E-state index in [-0.39, 0.29) is 12.1 Å². The first-order valence-electron chi connectivity index (χ1n) is 13.8. The number of ether oxygens (including phenoxy) is 1. The van der Waals surface area contributed by atoms with E-state index in [1.165, 1.54) is 62.0 Å². The summed E-state index contributed by atoms with van der Waals surface area (Å²) in [4.78, 5) is 20.5. The van der Waals surface area contributed by atoms with Crippen LogP contribution in [0.2, 0.25) is 0 Å². The topological polar surface area (TPSA) is 36.0 Å². The smallest absolute Gasteiger partial charge is 0.410 e. The molecule has 3 fully saturated rings. The van der Waals surface area contributed by atoms with Gasteiger partial charge in [0.25, 0.3) is 0 Å². The first-order valence-corrected chi connectivity index (χ1v) is 13.8. The molecule has 2 aromatic rings. The van der Waals surface area contributed by atoms with E-state index in [0.29, 0.717) is 18.4 Å². The number of piperidine rings is 1. The molecule has 5 heteroatoms. The molecule has 1 amide bonds. The minimum absolute atomic E-state index is 0.121. The lowest BCUT2D eigenvalue weighted by Gasteiger charge is -2.41. The Labute approximate surface area is 210 Å². The van der Waals surface area contributed by atoms with E-state index < -0.39 is 0 Å². The second-order valence-corrected chi connectivity index (χ2v) is 11.1. The van der Waals surface area contributed by atoms with Crippen molar-refractivity contribution in [2.45, 2.75) is 70.1 Å². The number of amides is 1. The van der Waals surface area contributed by atoms with Crippen molar-refractivity contribution in [1.29, 1.82) is 0 Å². The van der Waals surface area contributed by atoms with Gasteiger partial charge in [-0.25, -0.2) is 4.79 Å². The van der Waals surface area contributed by atoms with Gasteiger partial charge in [0.2, 0.25) is 0 Å². The Balaban J connectivity index is 1.15. The highest BCUT2D eigenvalue weighted by molar-refractivity contribution is 5.70. The van der Waals surface area contributed by atoms with Gasteiger partial charge in [-0.3, -0.25) is 4.90 Å². The number of hydrogen-bond acceptors (Lipinski definition) is 4. The highest BCUT2D eigenvalue weighted by Crippen LogP contribution is 2.53. The molecule has 2 heterocycles. The molecular weight excluding hydrogens is 434 g/mol. The number of piperazine rings is 1. The summed E-state index contributed by atoms with van der Waals surface area (Å²) in [6.45, 7) is 7.96. The maximum atomic E-state index is 13.2. The van der Waals surface area contributed by atoms with Gasteiger partial charge in [0, 0.05) is 44.5 Å². The summed E-state index contributed by atoms with van der Waals surface area (Å²) >= 11 is 0. The van der Waals surface area contributed by atoms with Crippen molar-refractivity contribution in [3.8, 4) is 0 Å². The van der Waals surface area contributed by atoms with E-state index in [2.05, 4.69) is 34.9 Å². The summed E-state index contributed by atoms with van der Waals surface area (Å²) in [6, 6.07) is 18.0. The number of hydrogen-bond donors (Lipinski definition) is 0. The number of nitrogens with zero attached hydrogens (tertiary/aromatic N) is 3. The first kappa shape index (κ1) is 22.9. The van der Waals surface area contributed by atoms with Gasteiger partial charge in [-0.1, -0.05) is 62.6 Å². The fourth-order valence-corrected chi connectivity index (χ4v) is 7.23. The number of benzene rings is 2. The van der Waals surface area contributed by atoms with Crippen molar-refractivity contribution in [2.75, 3.05) is 37.6 Å². The minimum atomic E-state index is -0.177. The molecule has 0 N–H and O–H groups in total. The molecule has 1 unspecified atom stereocenters. The number of rotatable bonds is 4. The zero-order valence-corrected chi connectivity index (χ0v) is 21.1. The molecule has 0 radical (unpaired) electrons. The third-order valence-corrected chi connectivity index (χ3v) is 9.15. The number of carbonyl (C=O) groups excluding carboxylic acids is 1. The molecule has 2 saturated heterocycles. The van der Waals surface area contributed by atoms with Crippen LogP contribution in [-0.4, -0.2) is 54.7 Å². The number of carbonyl (C=O) groups is 1. The minimum Gasteiger partial charge on any atom is -0.445 e. The van der Waals surface area contributed by atoms with Gasteiger partial charge in [0.15, 0.2) is 0 Å². The Morgan fingerprint density at radius 1 is 0.886 bits per heavy atom. The monoisotopic (exact) mass is 473 g/mol. The molecule has 2 aliphatic carbocycles. The molecule has 186 valence electrons. The molecular formula is C30H39N3O2. The number of likely N-dealkylation sites (tertiary alicyclic amines) is 1. The van der Waals surface area contributed by atoms with Crippen LogP contribution >= 0.6 is 0 Å². The summed E-state index contributed by atoms with van der Waals surface area (Å²) < 4.78 is 5.77. The molecule has 2 bridgehead atoms. The maximum Gasteiger partial charge on any atom is 0.410 e. The normalized spacial score (nSPS) is 27.1. The van der Waals surface area contributed by atoms with Crippen LogP contribution in [0.4, 0.5) is 10.5 Å². The summed E-state index contributed by atoms with van der Waals surface area (Å²) in [5.41, 5.74) is 5.16. The SMILES string of the molecule is C[C@H]1C2CCN(C(=O)OCc3ccccc3)[C@H]1c1cc(N3CCN(C4CCCCC4)CC3)ccc12. The standard InChI is InChI=1S/C30H39N3O2/c1-22-26-14-15-33(30(34)35-21-23-8-4-2-5-9-23)29(22)28-20-25(12-13-27(26)28)32-18-16-31(17-19-32)24-10-6-3-7-11-24/h2,4-5,8-9,12-13,20,22,24,26,29H,3,6-7,10-11,14-19,21H2,1H3/t22-,26?,29+/m0/s1. The van der Waals surface area contributed by atoms with E-state index in [1.807, 2.05) is 35.2 Å². The lowest BCUT2D eigenvalue weighted by atomic mass is 9.86. The Morgan fingerprint density at radius 3 is 2.43 bits per heavy atom. The van der Waals surface area contributed by atoms with Crippen LogP contribution in [0.25, 0.3) is 0 Å². The van der Waals surface area contributed by atoms with Gasteiger partial charge < -0.3 is 14.5 Å². The fourth-order valence-electron chi connectivity index (χ4n) is 7.23. The van der Waals surface area contributed by atoms with Gasteiger partial charge in [0.1, 0.15) is 6.61 Å². The third-order valence-electron chi connectivity index (χ3n) is 9.15. The molecule has 5 nitrogen and oxygen atoms in total. The average molecular weight is 474 g/mol. The average Bonchev–Trinajstić information content (AvgIpc) is 3.07. The first-order chi connectivity index (χ1) is 17.2. The lowest BCUT2D eigenvalue weighted by Crippen LogP contribution is -2.50. The Kier molecular flexibility index (Phi) is 6.44. The highest BCUT2D eigenvalue weighted by atomic mass is 16.6. The van der Waals surface area contributed by atoms with Crippen LogP contribution in [0.3, 0.4) is 0 Å². The van der Waals surface area contributed by atoms with E-state index in [0.717, 1.165) is 37.7 Å². The Morgan fingerprint density at radius 2 is 1.66 bits per heavy atom. The predicted octanol–water partition coefficient (Wildman–Crippen LogP) is 5.96. The van der Waals surface area contributed by atoms with Gasteiger partial charge in [-0.05, 0) is 59.9 Å². The molecule has 0 aromatic heterocycles. The maximum absolute atomic E-state index is 13.2. The Hall–Kier alpha value is -2.53. The van der Waals surface area contributed by atoms with Gasteiger partial charge in [0.05, 0.1) is 6.04 Å². The van der Waals surface area contributed by atoms with Crippen LogP contribution in [-0.2, 0) is 11.3 Å². The van der Waals surface area contributed by atoms with Crippen molar-refractivity contribution >= 4 is 11.8 Å². The number of anilines is 1. The van der Waals surface area contributed by atoms with Gasteiger partial charge in [-0.2, -0.15) is 0 Å². The van der Waals surface area contributed by atoms with E-state index >= 15 is 0 Å². The van der Waals surface area contributed by atoms with Crippen molar-refractivity contribution in [3.63, 3.8) is 0 Å². The van der Waals surface area contributed by atoms with Gasteiger partial charge >= 0.3 is 6.09 Å². The second kappa shape index (κ2) is 9.85. The summed E-state index contributed by atoms with van der Waals surface area (Å²) in [6.07, 6.45) is 7.84. The molecule has 6 rings (SSSR count). The second-order valence-electron chi connectivity index (χ2n) is 11.1. The molecule has 3 atom stereocenters. The largest absolute Gasteiger partial charge is 0.445 e. The molecule has 1 saturated carbocycles. The zero-order chi connectivity index (χ0) is 23.8. The molecule has 2 aliphatic heterocycles. The molecule has 0 spiro atoms. The van der Waals surface area contributed by atoms with Crippen LogP contribution < -0.4 is 4.90 Å². The van der Waals surface area contributed by atoms with Crippen molar-refractivity contribution < 1.29 is 9.53 Å². The summed E-state index contributed by atoms with van der Waals surface area (Å²) in [5.74, 6) is 0.979. The summed E-state index contributed by atoms with van der Waals surface area (Å²) in [7, 11) is 0.